The number of carbonyl (C=O) groups excluding carboxylic acids is 2. The zero-order valence-electron chi connectivity index (χ0n) is 8.80. The van der Waals surface area contributed by atoms with Gasteiger partial charge in [0.05, 0.1) is 0 Å². The molecule has 0 unspecified atom stereocenters. The molecule has 0 bridgehead atoms. The smallest absolute Gasteiger partial charge is 0.222 e. The molecule has 1 amide bonds. The Hall–Kier alpha value is -1.12. The lowest BCUT2D eigenvalue weighted by Crippen LogP contribution is -2.26. The van der Waals surface area contributed by atoms with Crippen molar-refractivity contribution < 1.29 is 9.59 Å². The maximum absolute atomic E-state index is 11.2. The standard InChI is InChI=1S/C11H17NO2/c1-8(11(14)12-2)6-10(7-13)9-4-3-5-9/h7-8H,3-6H2,1-2H3,(H,12,14)/t8-/m1/s1. The molecule has 1 saturated carbocycles. The van der Waals surface area contributed by atoms with E-state index in [4.69, 9.17) is 0 Å². The minimum absolute atomic E-state index is 0.00396. The lowest BCUT2D eigenvalue weighted by Gasteiger charge is -2.20. The van der Waals surface area contributed by atoms with Gasteiger partial charge >= 0.3 is 0 Å². The first-order valence-electron chi connectivity index (χ1n) is 5.06. The zero-order chi connectivity index (χ0) is 10.6. The summed E-state index contributed by atoms with van der Waals surface area (Å²) in [5.74, 6) is -0.0995. The fourth-order valence-electron chi connectivity index (χ4n) is 1.62. The van der Waals surface area contributed by atoms with Crippen LogP contribution >= 0.6 is 0 Å². The van der Waals surface area contributed by atoms with Crippen LogP contribution in [-0.2, 0) is 9.59 Å². The molecule has 0 aliphatic heterocycles. The molecule has 3 heteroatoms. The summed E-state index contributed by atoms with van der Waals surface area (Å²) >= 11 is 0. The van der Waals surface area contributed by atoms with Gasteiger partial charge in [-0.2, -0.15) is 0 Å². The molecule has 1 N–H and O–H groups in total. The lowest BCUT2D eigenvalue weighted by molar-refractivity contribution is -0.123. The molecule has 0 aromatic rings. The number of hydrogen-bond donors (Lipinski definition) is 1. The van der Waals surface area contributed by atoms with Crippen molar-refractivity contribution in [1.82, 2.24) is 5.32 Å². The molecule has 1 aliphatic carbocycles. The molecule has 1 aliphatic rings. The van der Waals surface area contributed by atoms with Gasteiger partial charge in [0.15, 0.2) is 0 Å². The molecular formula is C11H17NO2. The Morgan fingerprint density at radius 1 is 1.57 bits per heavy atom. The molecule has 0 heterocycles. The number of nitrogens with one attached hydrogen (secondary N) is 1. The maximum Gasteiger partial charge on any atom is 0.222 e. The van der Waals surface area contributed by atoms with Crippen LogP contribution in [0.3, 0.4) is 0 Å². The second-order valence-electron chi connectivity index (χ2n) is 3.82. The van der Waals surface area contributed by atoms with Crippen molar-refractivity contribution in [1.29, 1.82) is 0 Å². The van der Waals surface area contributed by atoms with Gasteiger partial charge in [-0.05, 0) is 31.3 Å². The number of carbonyl (C=O) groups is 2. The van der Waals surface area contributed by atoms with Crippen LogP contribution in [-0.4, -0.2) is 19.2 Å². The van der Waals surface area contributed by atoms with Crippen molar-refractivity contribution in [2.45, 2.75) is 32.6 Å². The average Bonchev–Trinajstić information content (AvgIpc) is 2.12. The highest BCUT2D eigenvalue weighted by Gasteiger charge is 2.18. The minimum Gasteiger partial charge on any atom is -0.359 e. The Kier molecular flexibility index (Phi) is 3.86. The predicted molar refractivity (Wildman–Crippen MR) is 54.8 cm³/mol. The average molecular weight is 195 g/mol. The van der Waals surface area contributed by atoms with E-state index >= 15 is 0 Å². The second kappa shape index (κ2) is 4.94. The summed E-state index contributed by atoms with van der Waals surface area (Å²) in [6.45, 7) is 1.85. The normalized spacial score (nSPS) is 16.9. The van der Waals surface area contributed by atoms with Gasteiger partial charge in [0.2, 0.25) is 5.91 Å². The molecule has 0 saturated heterocycles. The monoisotopic (exact) mass is 195 g/mol. The minimum atomic E-state index is -0.103. The Balaban J connectivity index is 2.56. The van der Waals surface area contributed by atoms with Crippen molar-refractivity contribution in [2.75, 3.05) is 7.05 Å². The van der Waals surface area contributed by atoms with Gasteiger partial charge in [0, 0.05) is 13.0 Å². The first-order valence-corrected chi connectivity index (χ1v) is 5.06. The first kappa shape index (κ1) is 11.0. The summed E-state index contributed by atoms with van der Waals surface area (Å²) in [6.07, 6.45) is 4.75. The van der Waals surface area contributed by atoms with E-state index in [1.54, 1.807) is 7.05 Å². The van der Waals surface area contributed by atoms with E-state index in [1.165, 1.54) is 12.0 Å². The molecule has 3 nitrogen and oxygen atoms in total. The third kappa shape index (κ3) is 2.44. The van der Waals surface area contributed by atoms with Gasteiger partial charge in [-0.25, -0.2) is 0 Å². The van der Waals surface area contributed by atoms with Gasteiger partial charge in [0.25, 0.3) is 0 Å². The van der Waals surface area contributed by atoms with Crippen molar-refractivity contribution in [2.24, 2.45) is 5.92 Å². The highest BCUT2D eigenvalue weighted by Crippen LogP contribution is 2.30. The fourth-order valence-corrected chi connectivity index (χ4v) is 1.62. The lowest BCUT2D eigenvalue weighted by atomic mass is 9.85. The Morgan fingerprint density at radius 3 is 2.57 bits per heavy atom. The molecule has 1 atom stereocenters. The van der Waals surface area contributed by atoms with Crippen molar-refractivity contribution in [3.8, 4) is 0 Å². The highest BCUT2D eigenvalue weighted by molar-refractivity contribution is 5.81. The van der Waals surface area contributed by atoms with Crippen LogP contribution in [0.4, 0.5) is 0 Å². The van der Waals surface area contributed by atoms with Crippen LogP contribution in [0, 0.1) is 5.92 Å². The SMILES string of the molecule is CNC(=O)[C@H](C)CC(C=O)=C1CCC1. The molecule has 14 heavy (non-hydrogen) atoms. The van der Waals surface area contributed by atoms with E-state index in [2.05, 4.69) is 5.32 Å². The summed E-state index contributed by atoms with van der Waals surface area (Å²) in [4.78, 5) is 22.0. The van der Waals surface area contributed by atoms with Crippen LogP contribution in [0.1, 0.15) is 32.6 Å². The van der Waals surface area contributed by atoms with E-state index in [0.29, 0.717) is 6.42 Å². The fraction of sp³-hybridized carbons (Fsp3) is 0.636. The van der Waals surface area contributed by atoms with Crippen LogP contribution in [0.15, 0.2) is 11.1 Å². The molecule has 0 spiro atoms. The van der Waals surface area contributed by atoms with Gasteiger partial charge in [-0.15, -0.1) is 0 Å². The molecule has 1 rings (SSSR count). The van der Waals surface area contributed by atoms with Gasteiger partial charge < -0.3 is 5.32 Å². The molecule has 78 valence electrons. The summed E-state index contributed by atoms with van der Waals surface area (Å²) in [5.41, 5.74) is 2.09. The van der Waals surface area contributed by atoms with E-state index < -0.39 is 0 Å². The maximum atomic E-state index is 11.2. The van der Waals surface area contributed by atoms with E-state index in [-0.39, 0.29) is 11.8 Å². The summed E-state index contributed by atoms with van der Waals surface area (Å²) in [6, 6.07) is 0. The van der Waals surface area contributed by atoms with Crippen LogP contribution in [0.5, 0.6) is 0 Å². The Bertz CT molecular complexity index is 262. The third-order valence-electron chi connectivity index (χ3n) is 2.77. The first-order chi connectivity index (χ1) is 6.69. The zero-order valence-corrected chi connectivity index (χ0v) is 8.80. The van der Waals surface area contributed by atoms with E-state index in [1.807, 2.05) is 6.92 Å². The number of hydrogen-bond acceptors (Lipinski definition) is 2. The molecule has 0 radical (unpaired) electrons. The second-order valence-corrected chi connectivity index (χ2v) is 3.82. The van der Waals surface area contributed by atoms with E-state index in [9.17, 15) is 9.59 Å². The summed E-state index contributed by atoms with van der Waals surface area (Å²) < 4.78 is 0. The Labute approximate surface area is 84.6 Å². The molecule has 0 aromatic carbocycles. The topological polar surface area (TPSA) is 46.2 Å². The number of allylic oxidation sites excluding steroid dienone is 2. The Morgan fingerprint density at radius 2 is 2.21 bits per heavy atom. The third-order valence-corrected chi connectivity index (χ3v) is 2.77. The highest BCUT2D eigenvalue weighted by atomic mass is 16.1. The quantitative estimate of drug-likeness (QED) is 0.545. The summed E-state index contributed by atoms with van der Waals surface area (Å²) in [7, 11) is 1.62. The van der Waals surface area contributed by atoms with Gasteiger partial charge in [0.1, 0.15) is 6.29 Å². The predicted octanol–water partition coefficient (Wildman–Crippen LogP) is 1.44. The van der Waals surface area contributed by atoms with Crippen LogP contribution in [0.25, 0.3) is 0 Å². The number of amides is 1. The molecule has 1 fully saturated rings. The molecule has 0 aromatic heterocycles. The van der Waals surface area contributed by atoms with Crippen molar-refractivity contribution in [3.05, 3.63) is 11.1 Å². The van der Waals surface area contributed by atoms with Gasteiger partial charge in [-0.1, -0.05) is 12.5 Å². The van der Waals surface area contributed by atoms with Crippen LogP contribution < -0.4 is 5.32 Å². The van der Waals surface area contributed by atoms with Crippen LogP contribution in [0.2, 0.25) is 0 Å². The van der Waals surface area contributed by atoms with Crippen molar-refractivity contribution in [3.63, 3.8) is 0 Å². The summed E-state index contributed by atoms with van der Waals surface area (Å²) in [5, 5.41) is 2.59. The number of aldehydes is 1. The molecular weight excluding hydrogens is 178 g/mol. The van der Waals surface area contributed by atoms with E-state index in [0.717, 1.165) is 24.7 Å². The van der Waals surface area contributed by atoms with Gasteiger partial charge in [-0.3, -0.25) is 9.59 Å². The van der Waals surface area contributed by atoms with Crippen molar-refractivity contribution >= 4 is 12.2 Å². The number of rotatable bonds is 4. The largest absolute Gasteiger partial charge is 0.359 e.